The first-order valence-corrected chi connectivity index (χ1v) is 5.61. The molecule has 2 aromatic heterocycles. The highest BCUT2D eigenvalue weighted by molar-refractivity contribution is 5.77. The molecule has 0 saturated heterocycles. The zero-order chi connectivity index (χ0) is 13.7. The van der Waals surface area contributed by atoms with Crippen LogP contribution < -0.4 is 16.6 Å². The van der Waals surface area contributed by atoms with Gasteiger partial charge in [0, 0.05) is 30.7 Å². The minimum Gasteiger partial charge on any atom is -0.352 e. The van der Waals surface area contributed by atoms with Crippen molar-refractivity contribution in [3.8, 4) is 0 Å². The second kappa shape index (κ2) is 5.76. The lowest BCUT2D eigenvalue weighted by Gasteiger charge is -2.04. The van der Waals surface area contributed by atoms with E-state index in [0.717, 1.165) is 5.56 Å². The molecule has 1 amide bonds. The highest BCUT2D eigenvalue weighted by Crippen LogP contribution is 1.95. The summed E-state index contributed by atoms with van der Waals surface area (Å²) < 4.78 is 0. The van der Waals surface area contributed by atoms with Gasteiger partial charge in [0.05, 0.1) is 6.42 Å². The lowest BCUT2D eigenvalue weighted by atomic mass is 10.2. The Labute approximate surface area is 107 Å². The molecule has 0 atom stereocenters. The molecule has 0 fully saturated rings. The lowest BCUT2D eigenvalue weighted by molar-refractivity contribution is -0.120. The second-order valence-corrected chi connectivity index (χ2v) is 3.93. The quantitative estimate of drug-likeness (QED) is 0.676. The normalized spacial score (nSPS) is 10.1. The molecule has 0 aliphatic heterocycles. The SMILES string of the molecule is O=C(Cc1cc(=O)[nH]c(=O)[nH]1)NCc1cccnc1. The molecule has 7 nitrogen and oxygen atoms in total. The molecule has 0 bridgehead atoms. The maximum Gasteiger partial charge on any atom is 0.325 e. The molecule has 7 heteroatoms. The summed E-state index contributed by atoms with van der Waals surface area (Å²) in [6.07, 6.45) is 3.24. The summed E-state index contributed by atoms with van der Waals surface area (Å²) in [5.41, 5.74) is -0.00550. The number of nitrogens with one attached hydrogen (secondary N) is 3. The Kier molecular flexibility index (Phi) is 3.87. The third-order valence-electron chi connectivity index (χ3n) is 2.38. The monoisotopic (exact) mass is 260 g/mol. The Balaban J connectivity index is 1.94. The van der Waals surface area contributed by atoms with Gasteiger partial charge in [-0.3, -0.25) is 19.6 Å². The first kappa shape index (κ1) is 12.7. The van der Waals surface area contributed by atoms with Crippen LogP contribution in [0.5, 0.6) is 0 Å². The summed E-state index contributed by atoms with van der Waals surface area (Å²) >= 11 is 0. The van der Waals surface area contributed by atoms with Crippen LogP contribution in [0, 0.1) is 0 Å². The van der Waals surface area contributed by atoms with Crippen LogP contribution in [0.4, 0.5) is 0 Å². The van der Waals surface area contributed by atoms with Gasteiger partial charge in [-0.05, 0) is 11.6 Å². The molecule has 3 N–H and O–H groups in total. The number of rotatable bonds is 4. The molecule has 2 rings (SSSR count). The lowest BCUT2D eigenvalue weighted by Crippen LogP contribution is -2.28. The predicted octanol–water partition coefficient (Wildman–Crippen LogP) is -0.683. The zero-order valence-corrected chi connectivity index (χ0v) is 9.97. The average Bonchev–Trinajstić information content (AvgIpc) is 2.36. The van der Waals surface area contributed by atoms with Crippen molar-refractivity contribution < 1.29 is 4.79 Å². The number of hydrogen-bond donors (Lipinski definition) is 3. The molecule has 0 aliphatic carbocycles. The number of aromatic nitrogens is 3. The predicted molar refractivity (Wildman–Crippen MR) is 67.5 cm³/mol. The van der Waals surface area contributed by atoms with E-state index >= 15 is 0 Å². The molecule has 0 unspecified atom stereocenters. The van der Waals surface area contributed by atoms with Gasteiger partial charge in [-0.15, -0.1) is 0 Å². The smallest absolute Gasteiger partial charge is 0.325 e. The van der Waals surface area contributed by atoms with Gasteiger partial charge in [-0.2, -0.15) is 0 Å². The Hall–Kier alpha value is -2.70. The minimum absolute atomic E-state index is 0.0561. The molecule has 98 valence electrons. The highest BCUT2D eigenvalue weighted by Gasteiger charge is 2.05. The van der Waals surface area contributed by atoms with E-state index in [4.69, 9.17) is 0 Å². The standard InChI is InChI=1S/C12H12N4O3/c17-10(14-7-8-2-1-3-13-6-8)4-9-5-11(18)16-12(19)15-9/h1-3,5-6H,4,7H2,(H,14,17)(H2,15,16,18,19). The van der Waals surface area contributed by atoms with Gasteiger partial charge in [0.2, 0.25) is 5.91 Å². The number of aromatic amines is 2. The molecule has 2 aromatic rings. The van der Waals surface area contributed by atoms with Gasteiger partial charge in [0.25, 0.3) is 5.56 Å². The van der Waals surface area contributed by atoms with Gasteiger partial charge in [-0.1, -0.05) is 6.07 Å². The molecule has 2 heterocycles. The van der Waals surface area contributed by atoms with Gasteiger partial charge in [0.15, 0.2) is 0 Å². The molecule has 19 heavy (non-hydrogen) atoms. The molecule has 0 aliphatic rings. The number of carbonyl (C=O) groups is 1. The summed E-state index contributed by atoms with van der Waals surface area (Å²) in [7, 11) is 0. The Morgan fingerprint density at radius 1 is 1.32 bits per heavy atom. The first-order valence-electron chi connectivity index (χ1n) is 5.61. The molecule has 0 aromatic carbocycles. The number of nitrogens with zero attached hydrogens (tertiary/aromatic N) is 1. The molecule has 0 radical (unpaired) electrons. The Morgan fingerprint density at radius 2 is 2.16 bits per heavy atom. The van der Waals surface area contributed by atoms with Crippen molar-refractivity contribution in [3.63, 3.8) is 0 Å². The van der Waals surface area contributed by atoms with E-state index in [0.29, 0.717) is 6.54 Å². The van der Waals surface area contributed by atoms with Crippen LogP contribution in [0.1, 0.15) is 11.3 Å². The summed E-state index contributed by atoms with van der Waals surface area (Å²) in [5, 5.41) is 2.67. The molecular formula is C12H12N4O3. The van der Waals surface area contributed by atoms with Gasteiger partial charge in [0.1, 0.15) is 0 Å². The maximum absolute atomic E-state index is 11.6. The van der Waals surface area contributed by atoms with E-state index in [1.807, 2.05) is 11.1 Å². The zero-order valence-electron chi connectivity index (χ0n) is 9.97. The van der Waals surface area contributed by atoms with Crippen LogP contribution in [-0.2, 0) is 17.8 Å². The van der Waals surface area contributed by atoms with Crippen LogP contribution in [0.25, 0.3) is 0 Å². The highest BCUT2D eigenvalue weighted by atomic mass is 16.2. The van der Waals surface area contributed by atoms with Crippen molar-refractivity contribution in [2.24, 2.45) is 0 Å². The van der Waals surface area contributed by atoms with Crippen molar-refractivity contribution in [1.82, 2.24) is 20.3 Å². The number of H-pyrrole nitrogens is 2. The molecule has 0 spiro atoms. The van der Waals surface area contributed by atoms with E-state index in [9.17, 15) is 14.4 Å². The Bertz CT molecular complexity index is 647. The molecular weight excluding hydrogens is 248 g/mol. The summed E-state index contributed by atoms with van der Waals surface area (Å²) in [6, 6.07) is 4.79. The fourth-order valence-corrected chi connectivity index (χ4v) is 1.55. The second-order valence-electron chi connectivity index (χ2n) is 3.93. The van der Waals surface area contributed by atoms with Crippen LogP contribution in [0.15, 0.2) is 40.2 Å². The summed E-state index contributed by atoms with van der Waals surface area (Å²) in [5.74, 6) is -0.287. The van der Waals surface area contributed by atoms with Crippen molar-refractivity contribution >= 4 is 5.91 Å². The van der Waals surface area contributed by atoms with Crippen LogP contribution in [0.3, 0.4) is 0 Å². The number of pyridine rings is 1. The van der Waals surface area contributed by atoms with E-state index in [1.165, 1.54) is 6.07 Å². The van der Waals surface area contributed by atoms with Crippen molar-refractivity contribution in [3.05, 3.63) is 62.7 Å². The summed E-state index contributed by atoms with van der Waals surface area (Å²) in [4.78, 5) is 42.1. The fourth-order valence-electron chi connectivity index (χ4n) is 1.55. The van der Waals surface area contributed by atoms with Crippen LogP contribution in [-0.4, -0.2) is 20.9 Å². The third-order valence-corrected chi connectivity index (χ3v) is 2.38. The van der Waals surface area contributed by atoms with E-state index in [-0.39, 0.29) is 18.0 Å². The van der Waals surface area contributed by atoms with E-state index in [1.54, 1.807) is 18.5 Å². The number of carbonyl (C=O) groups excluding carboxylic acids is 1. The van der Waals surface area contributed by atoms with Crippen LogP contribution in [0.2, 0.25) is 0 Å². The van der Waals surface area contributed by atoms with Gasteiger partial charge >= 0.3 is 5.69 Å². The van der Waals surface area contributed by atoms with Crippen molar-refractivity contribution in [2.75, 3.05) is 0 Å². The first-order chi connectivity index (χ1) is 9.13. The number of hydrogen-bond acceptors (Lipinski definition) is 4. The topological polar surface area (TPSA) is 108 Å². The number of amides is 1. The third kappa shape index (κ3) is 3.91. The van der Waals surface area contributed by atoms with E-state index < -0.39 is 11.2 Å². The Morgan fingerprint density at radius 3 is 2.84 bits per heavy atom. The maximum atomic E-state index is 11.6. The van der Waals surface area contributed by atoms with E-state index in [2.05, 4.69) is 15.3 Å². The largest absolute Gasteiger partial charge is 0.352 e. The van der Waals surface area contributed by atoms with Crippen molar-refractivity contribution in [2.45, 2.75) is 13.0 Å². The fraction of sp³-hybridized carbons (Fsp3) is 0.167. The van der Waals surface area contributed by atoms with Gasteiger partial charge in [-0.25, -0.2) is 4.79 Å². The summed E-state index contributed by atoms with van der Waals surface area (Å²) in [6.45, 7) is 0.347. The van der Waals surface area contributed by atoms with Crippen molar-refractivity contribution in [1.29, 1.82) is 0 Å². The van der Waals surface area contributed by atoms with Gasteiger partial charge < -0.3 is 10.3 Å². The van der Waals surface area contributed by atoms with Crippen LogP contribution >= 0.6 is 0 Å². The minimum atomic E-state index is -0.623. The average molecular weight is 260 g/mol. The molecule has 0 saturated carbocycles.